The number of nitrogens with zero attached hydrogens (tertiary/aromatic N) is 2. The monoisotopic (exact) mass is 274 g/mol. The van der Waals surface area contributed by atoms with Gasteiger partial charge in [-0.05, 0) is 30.5 Å². The Balaban J connectivity index is 1.81. The van der Waals surface area contributed by atoms with Gasteiger partial charge in [-0.15, -0.1) is 5.10 Å². The van der Waals surface area contributed by atoms with Gasteiger partial charge in [-0.25, -0.2) is 0 Å². The summed E-state index contributed by atoms with van der Waals surface area (Å²) in [6.07, 6.45) is 2.15. The quantitative estimate of drug-likeness (QED) is 0.725. The van der Waals surface area contributed by atoms with Crippen LogP contribution in [0.25, 0.3) is 0 Å². The van der Waals surface area contributed by atoms with E-state index in [0.29, 0.717) is 25.0 Å². The molecule has 1 heterocycles. The molecule has 0 amide bonds. The summed E-state index contributed by atoms with van der Waals surface area (Å²) in [5.41, 5.74) is 2.54. The van der Waals surface area contributed by atoms with E-state index in [-0.39, 0.29) is 0 Å². The van der Waals surface area contributed by atoms with Crippen LogP contribution in [0.3, 0.4) is 0 Å². The van der Waals surface area contributed by atoms with Crippen molar-refractivity contribution in [3.8, 4) is 0 Å². The first-order valence-electron chi connectivity index (χ1n) is 7.16. The van der Waals surface area contributed by atoms with Crippen LogP contribution in [0.15, 0.2) is 28.7 Å². The highest BCUT2D eigenvalue weighted by Gasteiger charge is 2.04. The van der Waals surface area contributed by atoms with Gasteiger partial charge in [0.25, 0.3) is 0 Å². The molecular weight excluding hydrogens is 252 g/mol. The van der Waals surface area contributed by atoms with E-state index in [1.165, 1.54) is 11.1 Å². The third-order valence-corrected chi connectivity index (χ3v) is 3.04. The van der Waals surface area contributed by atoms with Crippen LogP contribution in [0, 0.1) is 0 Å². The highest BCUT2D eigenvalue weighted by Crippen LogP contribution is 2.09. The summed E-state index contributed by atoms with van der Waals surface area (Å²) >= 11 is 0. The number of anilines is 1. The highest BCUT2D eigenvalue weighted by atomic mass is 16.4. The summed E-state index contributed by atoms with van der Waals surface area (Å²) in [5, 5.41) is 14.3. The first-order valence-corrected chi connectivity index (χ1v) is 7.16. The van der Waals surface area contributed by atoms with E-state index >= 15 is 0 Å². The summed E-state index contributed by atoms with van der Waals surface area (Å²) in [5.74, 6) is 0.613. The lowest BCUT2D eigenvalue weighted by molar-refractivity contribution is 0.477. The Labute approximate surface area is 119 Å². The van der Waals surface area contributed by atoms with E-state index in [1.54, 1.807) is 0 Å². The average Bonchev–Trinajstić information content (AvgIpc) is 2.94. The number of benzene rings is 1. The average molecular weight is 274 g/mol. The molecule has 0 atom stereocenters. The maximum atomic E-state index is 5.50. The van der Waals surface area contributed by atoms with Gasteiger partial charge in [-0.1, -0.05) is 43.2 Å². The Bertz CT molecular complexity index is 507. The Morgan fingerprint density at radius 1 is 1.00 bits per heavy atom. The van der Waals surface area contributed by atoms with E-state index in [4.69, 9.17) is 4.42 Å². The lowest BCUT2D eigenvalue weighted by atomic mass is 10.1. The second kappa shape index (κ2) is 7.65. The molecule has 0 radical (unpaired) electrons. The third kappa shape index (κ3) is 4.35. The molecule has 2 N–H and O–H groups in total. The lowest BCUT2D eigenvalue weighted by Crippen LogP contribution is -2.13. The Morgan fingerprint density at radius 3 is 2.45 bits per heavy atom. The number of rotatable bonds is 8. The standard InChI is InChI=1S/C15H22N4O/c1-3-9-16-11-14-18-19-15(20-14)17-10-13-7-5-12(4-2)6-8-13/h5-8,16H,3-4,9-11H2,1-2H3,(H,17,19). The van der Waals surface area contributed by atoms with Crippen LogP contribution in [0.5, 0.6) is 0 Å². The minimum Gasteiger partial charge on any atom is -0.407 e. The normalized spacial score (nSPS) is 10.7. The zero-order valence-corrected chi connectivity index (χ0v) is 12.1. The molecule has 5 nitrogen and oxygen atoms in total. The molecule has 0 fully saturated rings. The van der Waals surface area contributed by atoms with Crippen LogP contribution < -0.4 is 10.6 Å². The molecule has 2 aromatic rings. The van der Waals surface area contributed by atoms with Crippen molar-refractivity contribution in [2.75, 3.05) is 11.9 Å². The number of nitrogens with one attached hydrogen (secondary N) is 2. The fourth-order valence-corrected chi connectivity index (χ4v) is 1.84. The maximum absolute atomic E-state index is 5.50. The van der Waals surface area contributed by atoms with Crippen molar-refractivity contribution >= 4 is 6.01 Å². The van der Waals surface area contributed by atoms with Gasteiger partial charge in [0.2, 0.25) is 5.89 Å². The summed E-state index contributed by atoms with van der Waals surface area (Å²) in [7, 11) is 0. The number of hydrogen-bond acceptors (Lipinski definition) is 5. The number of aromatic nitrogens is 2. The molecule has 0 saturated heterocycles. The molecule has 20 heavy (non-hydrogen) atoms. The molecule has 2 rings (SSSR count). The molecule has 0 aliphatic carbocycles. The van der Waals surface area contributed by atoms with E-state index in [0.717, 1.165) is 19.4 Å². The Kier molecular flexibility index (Phi) is 5.55. The van der Waals surface area contributed by atoms with Gasteiger partial charge >= 0.3 is 6.01 Å². The van der Waals surface area contributed by atoms with Crippen LogP contribution in [0.2, 0.25) is 0 Å². The Hall–Kier alpha value is -1.88. The van der Waals surface area contributed by atoms with Gasteiger partial charge < -0.3 is 15.1 Å². The van der Waals surface area contributed by atoms with Crippen LogP contribution in [-0.2, 0) is 19.5 Å². The minimum atomic E-state index is 0.470. The van der Waals surface area contributed by atoms with Gasteiger partial charge in [0.05, 0.1) is 6.54 Å². The molecule has 0 saturated carbocycles. The molecule has 0 bridgehead atoms. The van der Waals surface area contributed by atoms with Gasteiger partial charge in [-0.3, -0.25) is 0 Å². The molecular formula is C15H22N4O. The minimum absolute atomic E-state index is 0.470. The fraction of sp³-hybridized carbons (Fsp3) is 0.467. The van der Waals surface area contributed by atoms with E-state index in [9.17, 15) is 0 Å². The second-order valence-electron chi connectivity index (χ2n) is 4.70. The largest absolute Gasteiger partial charge is 0.407 e. The molecule has 1 aromatic heterocycles. The van der Waals surface area contributed by atoms with Crippen molar-refractivity contribution in [1.29, 1.82) is 0 Å². The van der Waals surface area contributed by atoms with Crippen LogP contribution in [0.4, 0.5) is 6.01 Å². The summed E-state index contributed by atoms with van der Waals surface area (Å²) in [6.45, 7) is 6.54. The highest BCUT2D eigenvalue weighted by molar-refractivity contribution is 5.26. The Morgan fingerprint density at radius 2 is 1.75 bits per heavy atom. The van der Waals surface area contributed by atoms with Crippen molar-refractivity contribution in [3.63, 3.8) is 0 Å². The van der Waals surface area contributed by atoms with Crippen molar-refractivity contribution in [1.82, 2.24) is 15.5 Å². The smallest absolute Gasteiger partial charge is 0.315 e. The summed E-state index contributed by atoms with van der Waals surface area (Å²) in [4.78, 5) is 0. The number of hydrogen-bond donors (Lipinski definition) is 2. The van der Waals surface area contributed by atoms with Crippen molar-refractivity contribution in [2.45, 2.75) is 39.8 Å². The molecule has 5 heteroatoms. The second-order valence-corrected chi connectivity index (χ2v) is 4.70. The third-order valence-electron chi connectivity index (χ3n) is 3.04. The van der Waals surface area contributed by atoms with Gasteiger partial charge in [0.1, 0.15) is 0 Å². The zero-order valence-electron chi connectivity index (χ0n) is 12.1. The molecule has 0 aliphatic rings. The van der Waals surface area contributed by atoms with Gasteiger partial charge in [0.15, 0.2) is 0 Å². The predicted molar refractivity (Wildman–Crippen MR) is 79.4 cm³/mol. The van der Waals surface area contributed by atoms with Crippen LogP contribution in [0.1, 0.15) is 37.3 Å². The number of aryl methyl sites for hydroxylation is 1. The van der Waals surface area contributed by atoms with Crippen molar-refractivity contribution in [3.05, 3.63) is 41.3 Å². The fourth-order valence-electron chi connectivity index (χ4n) is 1.84. The molecule has 0 aliphatic heterocycles. The van der Waals surface area contributed by atoms with Crippen molar-refractivity contribution in [2.24, 2.45) is 0 Å². The maximum Gasteiger partial charge on any atom is 0.315 e. The first kappa shape index (κ1) is 14.5. The SMILES string of the molecule is CCCNCc1nnc(NCc2ccc(CC)cc2)o1. The first-order chi connectivity index (χ1) is 9.81. The van der Waals surface area contributed by atoms with Crippen molar-refractivity contribution < 1.29 is 4.42 Å². The van der Waals surface area contributed by atoms with E-state index < -0.39 is 0 Å². The van der Waals surface area contributed by atoms with Crippen LogP contribution in [-0.4, -0.2) is 16.7 Å². The topological polar surface area (TPSA) is 63.0 Å². The van der Waals surface area contributed by atoms with E-state index in [1.807, 2.05) is 0 Å². The lowest BCUT2D eigenvalue weighted by Gasteiger charge is -2.03. The molecule has 1 aromatic carbocycles. The molecule has 0 unspecified atom stereocenters. The summed E-state index contributed by atoms with van der Waals surface area (Å²) < 4.78 is 5.50. The van der Waals surface area contributed by atoms with Gasteiger partial charge in [0, 0.05) is 6.54 Å². The van der Waals surface area contributed by atoms with Gasteiger partial charge in [-0.2, -0.15) is 0 Å². The summed E-state index contributed by atoms with van der Waals surface area (Å²) in [6, 6.07) is 8.99. The predicted octanol–water partition coefficient (Wildman–Crippen LogP) is 2.74. The zero-order chi connectivity index (χ0) is 14.2. The molecule has 108 valence electrons. The van der Waals surface area contributed by atoms with Crippen LogP contribution >= 0.6 is 0 Å². The molecule has 0 spiro atoms. The van der Waals surface area contributed by atoms with E-state index in [2.05, 4.69) is 58.9 Å².